The zero-order valence-electron chi connectivity index (χ0n) is 6.95. The molecule has 0 saturated carbocycles. The summed E-state index contributed by atoms with van der Waals surface area (Å²) < 4.78 is 4.28. The fourth-order valence-electron chi connectivity index (χ4n) is 0.772. The van der Waals surface area contributed by atoms with Gasteiger partial charge in [0, 0.05) is 0 Å². The molecule has 0 aliphatic rings. The molecular weight excluding hydrogens is 158 g/mol. The topological polar surface area (TPSA) is 102 Å². The number of nitrogens with one attached hydrogen (secondary N) is 1. The Labute approximate surface area is 71.6 Å². The lowest BCUT2D eigenvalue weighted by atomic mass is 10.1. The number of carbonyl (C=O) groups excluding carboxylic acids is 1. The Hall–Kier alpha value is -0.940. The van der Waals surface area contributed by atoms with Crippen molar-refractivity contribution in [1.82, 2.24) is 0 Å². The van der Waals surface area contributed by atoms with Gasteiger partial charge in [0.2, 0.25) is 0 Å². The highest BCUT2D eigenvalue weighted by atomic mass is 16.5. The Balaban J connectivity index is 3.49. The van der Waals surface area contributed by atoms with Crippen LogP contribution in [0.25, 0.3) is 0 Å². The van der Waals surface area contributed by atoms with E-state index in [9.17, 15) is 4.79 Å². The van der Waals surface area contributed by atoms with E-state index >= 15 is 0 Å². The number of unbranched alkanes of at least 4 members (excludes halogenated alkanes) is 1. The molecule has 0 amide bonds. The van der Waals surface area contributed by atoms with Crippen molar-refractivity contribution in [2.45, 2.75) is 25.3 Å². The molecule has 0 fully saturated rings. The second-order valence-corrected chi connectivity index (χ2v) is 2.45. The summed E-state index contributed by atoms with van der Waals surface area (Å²) in [5.74, 6) is -0.554. The average molecular weight is 173 g/mol. The predicted octanol–water partition coefficient (Wildman–Crippen LogP) is -0.407. The number of carbonyl (C=O) groups is 1. The second kappa shape index (κ2) is 6.75. The summed E-state index contributed by atoms with van der Waals surface area (Å²) in [6, 6.07) is -0.627. The zero-order valence-corrected chi connectivity index (χ0v) is 6.95. The van der Waals surface area contributed by atoms with Crippen LogP contribution in [0.4, 0.5) is 0 Å². The van der Waals surface area contributed by atoms with Crippen molar-refractivity contribution in [2.24, 2.45) is 11.5 Å². The van der Waals surface area contributed by atoms with E-state index in [2.05, 4.69) is 4.74 Å². The van der Waals surface area contributed by atoms with E-state index in [1.807, 2.05) is 0 Å². The summed E-state index contributed by atoms with van der Waals surface area (Å²) in [5.41, 5.74) is 10.7. The lowest BCUT2D eigenvalue weighted by Crippen LogP contribution is -2.31. The maximum atomic E-state index is 10.8. The van der Waals surface area contributed by atoms with E-state index in [4.69, 9.17) is 16.9 Å². The first-order valence-electron chi connectivity index (χ1n) is 3.87. The molecule has 5 N–H and O–H groups in total. The Bertz CT molecular complexity index is 150. The van der Waals surface area contributed by atoms with Gasteiger partial charge in [-0.05, 0) is 19.4 Å². The summed E-state index contributed by atoms with van der Waals surface area (Å²) in [4.78, 5) is 10.8. The Kier molecular flexibility index (Phi) is 6.22. The summed E-state index contributed by atoms with van der Waals surface area (Å²) in [5, 5.41) is 6.50. The van der Waals surface area contributed by atoms with Gasteiger partial charge in [0.15, 0.2) is 6.40 Å². The minimum Gasteiger partial charge on any atom is -0.414 e. The van der Waals surface area contributed by atoms with Crippen LogP contribution in [0.5, 0.6) is 0 Å². The Morgan fingerprint density at radius 3 is 2.75 bits per heavy atom. The fourth-order valence-corrected chi connectivity index (χ4v) is 0.772. The monoisotopic (exact) mass is 173 g/mol. The standard InChI is InChI=1S/C7H15N3O2/c8-4-2-1-3-6(10)7(11)12-5-9/h5-6,9H,1-4,8,10H2/t6-/m0/s1. The minimum absolute atomic E-state index is 0.554. The second-order valence-electron chi connectivity index (χ2n) is 2.45. The third-order valence-corrected chi connectivity index (χ3v) is 1.45. The van der Waals surface area contributed by atoms with Crippen LogP contribution >= 0.6 is 0 Å². The molecule has 0 aliphatic carbocycles. The molecule has 0 aromatic rings. The lowest BCUT2D eigenvalue weighted by molar-refractivity contribution is -0.136. The van der Waals surface area contributed by atoms with Crippen molar-refractivity contribution < 1.29 is 9.53 Å². The molecule has 0 unspecified atom stereocenters. The van der Waals surface area contributed by atoms with Crippen LogP contribution in [0.2, 0.25) is 0 Å². The van der Waals surface area contributed by atoms with E-state index in [-0.39, 0.29) is 0 Å². The van der Waals surface area contributed by atoms with E-state index < -0.39 is 12.0 Å². The van der Waals surface area contributed by atoms with Crippen molar-refractivity contribution in [3.05, 3.63) is 0 Å². The summed E-state index contributed by atoms with van der Waals surface area (Å²) in [6.07, 6.45) is 2.81. The molecule has 0 aromatic carbocycles. The number of rotatable bonds is 6. The van der Waals surface area contributed by atoms with Gasteiger partial charge in [-0.25, -0.2) is 4.79 Å². The van der Waals surface area contributed by atoms with Gasteiger partial charge < -0.3 is 16.2 Å². The first kappa shape index (κ1) is 11.1. The van der Waals surface area contributed by atoms with Crippen LogP contribution < -0.4 is 11.5 Å². The van der Waals surface area contributed by atoms with Crippen LogP contribution in [0, 0.1) is 5.41 Å². The molecular formula is C7H15N3O2. The van der Waals surface area contributed by atoms with Gasteiger partial charge >= 0.3 is 5.97 Å². The average Bonchev–Trinajstić information content (AvgIpc) is 2.05. The van der Waals surface area contributed by atoms with Gasteiger partial charge in [0.1, 0.15) is 6.04 Å². The fraction of sp³-hybridized carbons (Fsp3) is 0.714. The van der Waals surface area contributed by atoms with Gasteiger partial charge in [0.25, 0.3) is 0 Å². The minimum atomic E-state index is -0.627. The smallest absolute Gasteiger partial charge is 0.329 e. The number of esters is 1. The van der Waals surface area contributed by atoms with Crippen molar-refractivity contribution in [1.29, 1.82) is 5.41 Å². The molecule has 70 valence electrons. The molecule has 0 spiro atoms. The highest BCUT2D eigenvalue weighted by Crippen LogP contribution is 1.98. The molecule has 0 aromatic heterocycles. The van der Waals surface area contributed by atoms with Crippen molar-refractivity contribution in [2.75, 3.05) is 6.54 Å². The molecule has 0 radical (unpaired) electrons. The maximum Gasteiger partial charge on any atom is 0.329 e. The lowest BCUT2D eigenvalue weighted by Gasteiger charge is -2.07. The van der Waals surface area contributed by atoms with Crippen LogP contribution in [-0.2, 0) is 9.53 Å². The molecule has 0 aliphatic heterocycles. The van der Waals surface area contributed by atoms with E-state index in [0.29, 0.717) is 19.4 Å². The molecule has 1 atom stereocenters. The third kappa shape index (κ3) is 4.81. The van der Waals surface area contributed by atoms with Crippen LogP contribution in [0.3, 0.4) is 0 Å². The molecule has 0 bridgehead atoms. The highest BCUT2D eigenvalue weighted by Gasteiger charge is 2.12. The van der Waals surface area contributed by atoms with E-state index in [1.165, 1.54) is 0 Å². The zero-order chi connectivity index (χ0) is 9.40. The summed E-state index contributed by atoms with van der Waals surface area (Å²) >= 11 is 0. The first-order valence-corrected chi connectivity index (χ1v) is 3.87. The summed E-state index contributed by atoms with van der Waals surface area (Å²) in [6.45, 7) is 0.604. The maximum absolute atomic E-state index is 10.8. The third-order valence-electron chi connectivity index (χ3n) is 1.45. The van der Waals surface area contributed by atoms with Gasteiger partial charge in [-0.3, -0.25) is 5.41 Å². The van der Waals surface area contributed by atoms with E-state index in [0.717, 1.165) is 12.8 Å². The summed E-state index contributed by atoms with van der Waals surface area (Å²) in [7, 11) is 0. The van der Waals surface area contributed by atoms with Crippen molar-refractivity contribution >= 4 is 12.4 Å². The van der Waals surface area contributed by atoms with Crippen molar-refractivity contribution in [3.8, 4) is 0 Å². The number of nitrogens with two attached hydrogens (primary N) is 2. The van der Waals surface area contributed by atoms with Gasteiger partial charge in [0.05, 0.1) is 0 Å². The molecule has 0 rings (SSSR count). The molecule has 0 saturated heterocycles. The molecule has 0 heterocycles. The number of hydrogen-bond acceptors (Lipinski definition) is 5. The van der Waals surface area contributed by atoms with Gasteiger partial charge in [-0.15, -0.1) is 0 Å². The molecule has 5 nitrogen and oxygen atoms in total. The van der Waals surface area contributed by atoms with Crippen LogP contribution in [-0.4, -0.2) is 25.0 Å². The quantitative estimate of drug-likeness (QED) is 0.220. The largest absolute Gasteiger partial charge is 0.414 e. The Morgan fingerprint density at radius 2 is 2.25 bits per heavy atom. The highest BCUT2D eigenvalue weighted by molar-refractivity contribution is 5.81. The van der Waals surface area contributed by atoms with Crippen LogP contribution in [0.1, 0.15) is 19.3 Å². The number of ether oxygens (including phenoxy) is 1. The number of hydrogen-bond donors (Lipinski definition) is 3. The van der Waals surface area contributed by atoms with Crippen molar-refractivity contribution in [3.63, 3.8) is 0 Å². The van der Waals surface area contributed by atoms with E-state index in [1.54, 1.807) is 0 Å². The Morgan fingerprint density at radius 1 is 1.58 bits per heavy atom. The first-order chi connectivity index (χ1) is 5.72. The molecule has 12 heavy (non-hydrogen) atoms. The normalized spacial score (nSPS) is 12.2. The van der Waals surface area contributed by atoms with Crippen LogP contribution in [0.15, 0.2) is 0 Å². The molecule has 5 heteroatoms. The van der Waals surface area contributed by atoms with Gasteiger partial charge in [-0.2, -0.15) is 0 Å². The SMILES string of the molecule is N=COC(=O)[C@@H](N)CCCCN. The van der Waals surface area contributed by atoms with Gasteiger partial charge in [-0.1, -0.05) is 6.42 Å². The predicted molar refractivity (Wildman–Crippen MR) is 45.8 cm³/mol.